The number of carbonyl (C=O) groups is 1. The van der Waals surface area contributed by atoms with Crippen molar-refractivity contribution in [1.29, 1.82) is 5.26 Å². The zero-order valence-electron chi connectivity index (χ0n) is 13.6. The highest BCUT2D eigenvalue weighted by atomic mass is 32.1. The molecule has 5 nitrogen and oxygen atoms in total. The molecule has 0 bridgehead atoms. The number of allylic oxidation sites excluding steroid dienone is 2. The standard InChI is InChI=1S/C19H16N2O3S/c1-12-14(10-20)16(15-8-5-9-25-15)17(18(21)24-12)19(22)23-11-13-6-3-2-4-7-13/h2-9,16H,11,21H2,1H3/t16-/m1/s1. The highest BCUT2D eigenvalue weighted by Gasteiger charge is 2.37. The number of thiophene rings is 1. The Hall–Kier alpha value is -3.04. The van der Waals surface area contributed by atoms with Gasteiger partial charge in [-0.15, -0.1) is 11.3 Å². The first kappa shape index (κ1) is 16.8. The molecule has 3 rings (SSSR count). The van der Waals surface area contributed by atoms with Crippen molar-refractivity contribution in [2.45, 2.75) is 19.4 Å². The Balaban J connectivity index is 1.90. The summed E-state index contributed by atoms with van der Waals surface area (Å²) in [6.45, 7) is 1.79. The van der Waals surface area contributed by atoms with Gasteiger partial charge in [0.05, 0.1) is 17.6 Å². The number of carbonyl (C=O) groups excluding carboxylic acids is 1. The van der Waals surface area contributed by atoms with Crippen molar-refractivity contribution < 1.29 is 14.3 Å². The molecular formula is C19H16N2O3S. The second-order valence-corrected chi connectivity index (χ2v) is 6.45. The third kappa shape index (κ3) is 3.42. The molecule has 126 valence electrons. The van der Waals surface area contributed by atoms with Crippen LogP contribution in [0.25, 0.3) is 0 Å². The molecule has 2 N–H and O–H groups in total. The lowest BCUT2D eigenvalue weighted by atomic mass is 9.88. The van der Waals surface area contributed by atoms with Crippen molar-refractivity contribution in [3.8, 4) is 6.07 Å². The first-order chi connectivity index (χ1) is 12.1. The molecule has 0 aliphatic carbocycles. The van der Waals surface area contributed by atoms with Crippen molar-refractivity contribution in [1.82, 2.24) is 0 Å². The lowest BCUT2D eigenvalue weighted by Crippen LogP contribution is -2.26. The third-order valence-corrected chi connectivity index (χ3v) is 4.80. The van der Waals surface area contributed by atoms with E-state index in [1.807, 2.05) is 47.8 Å². The fourth-order valence-electron chi connectivity index (χ4n) is 2.67. The number of nitrogens with zero attached hydrogens (tertiary/aromatic N) is 1. The van der Waals surface area contributed by atoms with Crippen LogP contribution in [0.1, 0.15) is 23.3 Å². The molecule has 6 heteroatoms. The summed E-state index contributed by atoms with van der Waals surface area (Å²) < 4.78 is 10.8. The van der Waals surface area contributed by atoms with Crippen molar-refractivity contribution in [2.24, 2.45) is 5.73 Å². The molecule has 2 aromatic rings. The van der Waals surface area contributed by atoms with Crippen LogP contribution in [0.5, 0.6) is 0 Å². The lowest BCUT2D eigenvalue weighted by molar-refractivity contribution is -0.140. The van der Waals surface area contributed by atoms with Gasteiger partial charge in [0.25, 0.3) is 0 Å². The van der Waals surface area contributed by atoms with Crippen LogP contribution in [0.4, 0.5) is 0 Å². The van der Waals surface area contributed by atoms with E-state index in [4.69, 9.17) is 15.2 Å². The molecule has 1 aromatic carbocycles. The highest BCUT2D eigenvalue weighted by molar-refractivity contribution is 7.10. The Labute approximate surface area is 149 Å². The van der Waals surface area contributed by atoms with Crippen LogP contribution in [0.2, 0.25) is 0 Å². The predicted octanol–water partition coefficient (Wildman–Crippen LogP) is 3.57. The van der Waals surface area contributed by atoms with Gasteiger partial charge >= 0.3 is 5.97 Å². The molecular weight excluding hydrogens is 336 g/mol. The van der Waals surface area contributed by atoms with Crippen LogP contribution < -0.4 is 5.73 Å². The van der Waals surface area contributed by atoms with E-state index in [1.54, 1.807) is 6.92 Å². The summed E-state index contributed by atoms with van der Waals surface area (Å²) in [6.07, 6.45) is 0. The van der Waals surface area contributed by atoms with Crippen LogP contribution in [-0.2, 0) is 20.9 Å². The van der Waals surface area contributed by atoms with Gasteiger partial charge in [0.15, 0.2) is 0 Å². The van der Waals surface area contributed by atoms with E-state index in [9.17, 15) is 10.1 Å². The normalized spacial score (nSPS) is 17.0. The van der Waals surface area contributed by atoms with Gasteiger partial charge in [0.2, 0.25) is 5.88 Å². The molecule has 25 heavy (non-hydrogen) atoms. The molecule has 0 radical (unpaired) electrons. The SMILES string of the molecule is CC1=C(C#N)[C@H](c2cccs2)C(C(=O)OCc2ccccc2)=C(N)O1. The van der Waals surface area contributed by atoms with Gasteiger partial charge in [-0.3, -0.25) is 0 Å². The minimum absolute atomic E-state index is 0.0204. The van der Waals surface area contributed by atoms with E-state index in [1.165, 1.54) is 11.3 Å². The summed E-state index contributed by atoms with van der Waals surface area (Å²) in [5.41, 5.74) is 7.37. The monoisotopic (exact) mass is 352 g/mol. The predicted molar refractivity (Wildman–Crippen MR) is 93.9 cm³/mol. The van der Waals surface area contributed by atoms with E-state index in [2.05, 4.69) is 6.07 Å². The van der Waals surface area contributed by atoms with Crippen LogP contribution in [-0.4, -0.2) is 5.97 Å². The zero-order valence-corrected chi connectivity index (χ0v) is 14.4. The summed E-state index contributed by atoms with van der Waals surface area (Å²) >= 11 is 1.45. The van der Waals surface area contributed by atoms with E-state index >= 15 is 0 Å². The molecule has 1 atom stereocenters. The van der Waals surface area contributed by atoms with Crippen LogP contribution >= 0.6 is 11.3 Å². The minimum Gasteiger partial charge on any atom is -0.457 e. The van der Waals surface area contributed by atoms with E-state index in [-0.39, 0.29) is 18.1 Å². The number of esters is 1. The number of nitrogens with two attached hydrogens (primary N) is 1. The van der Waals surface area contributed by atoms with Crippen LogP contribution in [0.15, 0.2) is 70.6 Å². The topological polar surface area (TPSA) is 85.3 Å². The largest absolute Gasteiger partial charge is 0.457 e. The summed E-state index contributed by atoms with van der Waals surface area (Å²) in [6, 6.07) is 15.2. The van der Waals surface area contributed by atoms with Crippen molar-refractivity contribution in [3.05, 3.63) is 81.1 Å². The van der Waals surface area contributed by atoms with E-state index in [0.29, 0.717) is 11.3 Å². The average Bonchev–Trinajstić information content (AvgIpc) is 3.14. The molecule has 0 unspecified atom stereocenters. The van der Waals surface area contributed by atoms with Gasteiger partial charge in [-0.1, -0.05) is 36.4 Å². The number of hydrogen-bond acceptors (Lipinski definition) is 6. The Bertz CT molecular complexity index is 877. The number of ether oxygens (including phenoxy) is 2. The average molecular weight is 352 g/mol. The number of nitriles is 1. The highest BCUT2D eigenvalue weighted by Crippen LogP contribution is 2.41. The summed E-state index contributed by atoms with van der Waals surface area (Å²) in [7, 11) is 0. The molecule has 2 heterocycles. The minimum atomic E-state index is -0.583. The van der Waals surface area contributed by atoms with E-state index < -0.39 is 11.9 Å². The Morgan fingerprint density at radius 2 is 2.08 bits per heavy atom. The van der Waals surface area contributed by atoms with Crippen molar-refractivity contribution in [2.75, 3.05) is 0 Å². The number of hydrogen-bond donors (Lipinski definition) is 1. The third-order valence-electron chi connectivity index (χ3n) is 3.87. The maximum atomic E-state index is 12.7. The number of rotatable bonds is 4. The number of benzene rings is 1. The van der Waals surface area contributed by atoms with Gasteiger partial charge in [0, 0.05) is 4.88 Å². The Morgan fingerprint density at radius 1 is 1.32 bits per heavy atom. The summed E-state index contributed by atoms with van der Waals surface area (Å²) in [5.74, 6) is -0.770. The quantitative estimate of drug-likeness (QED) is 0.850. The van der Waals surface area contributed by atoms with Gasteiger partial charge in [0.1, 0.15) is 17.9 Å². The van der Waals surface area contributed by atoms with Crippen LogP contribution in [0, 0.1) is 11.3 Å². The molecule has 1 aliphatic rings. The van der Waals surface area contributed by atoms with Crippen molar-refractivity contribution >= 4 is 17.3 Å². The molecule has 0 saturated heterocycles. The first-order valence-corrected chi connectivity index (χ1v) is 8.52. The summed E-state index contributed by atoms with van der Waals surface area (Å²) in [5, 5.41) is 11.4. The lowest BCUT2D eigenvalue weighted by Gasteiger charge is -2.25. The fraction of sp³-hybridized carbons (Fsp3) is 0.158. The smallest absolute Gasteiger partial charge is 0.340 e. The van der Waals surface area contributed by atoms with Gasteiger partial charge < -0.3 is 15.2 Å². The van der Waals surface area contributed by atoms with Gasteiger partial charge in [-0.25, -0.2) is 4.79 Å². The zero-order chi connectivity index (χ0) is 17.8. The maximum Gasteiger partial charge on any atom is 0.340 e. The van der Waals surface area contributed by atoms with Gasteiger partial charge in [-0.2, -0.15) is 5.26 Å². The fourth-order valence-corrected chi connectivity index (χ4v) is 3.51. The van der Waals surface area contributed by atoms with Gasteiger partial charge in [-0.05, 0) is 23.9 Å². The first-order valence-electron chi connectivity index (χ1n) is 7.64. The Morgan fingerprint density at radius 3 is 2.72 bits per heavy atom. The molecule has 0 saturated carbocycles. The second kappa shape index (κ2) is 7.24. The molecule has 0 amide bonds. The Kier molecular flexibility index (Phi) is 4.87. The van der Waals surface area contributed by atoms with E-state index in [0.717, 1.165) is 10.4 Å². The van der Waals surface area contributed by atoms with Crippen molar-refractivity contribution in [3.63, 3.8) is 0 Å². The maximum absolute atomic E-state index is 12.7. The second-order valence-electron chi connectivity index (χ2n) is 5.47. The molecule has 0 fully saturated rings. The molecule has 0 spiro atoms. The molecule has 1 aliphatic heterocycles. The van der Waals surface area contributed by atoms with Crippen LogP contribution in [0.3, 0.4) is 0 Å². The molecule has 1 aromatic heterocycles. The summed E-state index contributed by atoms with van der Waals surface area (Å²) in [4.78, 5) is 13.5.